The van der Waals surface area contributed by atoms with Crippen LogP contribution in [0.4, 0.5) is 4.79 Å². The molecule has 0 aliphatic heterocycles. The molecule has 1 aromatic carbocycles. The maximum Gasteiger partial charge on any atom is 0.513 e. The molecule has 0 atom stereocenters. The van der Waals surface area contributed by atoms with Gasteiger partial charge in [0.2, 0.25) is 0 Å². The normalized spacial score (nSPS) is 10.2. The maximum absolute atomic E-state index is 11.5. The lowest BCUT2D eigenvalue weighted by atomic mass is 10.0. The first-order valence-electron chi connectivity index (χ1n) is 6.68. The first-order chi connectivity index (χ1) is 8.72. The number of carbonyl (C=O) groups excluding carboxylic acids is 1. The van der Waals surface area contributed by atoms with E-state index in [2.05, 4.69) is 26.8 Å². The molecular weight excluding hydrogens is 228 g/mol. The molecule has 1 aromatic rings. The Kier molecular flexibility index (Phi) is 6.26. The van der Waals surface area contributed by atoms with Gasteiger partial charge in [-0.25, -0.2) is 4.79 Å². The van der Waals surface area contributed by atoms with Crippen LogP contribution < -0.4 is 4.74 Å². The van der Waals surface area contributed by atoms with E-state index in [9.17, 15) is 4.79 Å². The Morgan fingerprint density at radius 1 is 1.17 bits per heavy atom. The Labute approximate surface area is 109 Å². The molecule has 0 heterocycles. The van der Waals surface area contributed by atoms with Crippen molar-refractivity contribution in [2.24, 2.45) is 0 Å². The number of benzene rings is 1. The van der Waals surface area contributed by atoms with Gasteiger partial charge >= 0.3 is 6.16 Å². The molecule has 18 heavy (non-hydrogen) atoms. The molecule has 3 heteroatoms. The fraction of sp³-hybridized carbons (Fsp3) is 0.533. The fourth-order valence-corrected chi connectivity index (χ4v) is 1.86. The van der Waals surface area contributed by atoms with Gasteiger partial charge in [-0.2, -0.15) is 0 Å². The van der Waals surface area contributed by atoms with E-state index in [1.165, 1.54) is 5.56 Å². The average Bonchev–Trinajstić information content (AvgIpc) is 2.38. The summed E-state index contributed by atoms with van der Waals surface area (Å²) in [7, 11) is 0. The van der Waals surface area contributed by atoms with Gasteiger partial charge in [-0.15, -0.1) is 0 Å². The van der Waals surface area contributed by atoms with Crippen LogP contribution in [0.15, 0.2) is 18.2 Å². The quantitative estimate of drug-likeness (QED) is 0.432. The number of ether oxygens (including phenoxy) is 2. The van der Waals surface area contributed by atoms with E-state index in [1.54, 1.807) is 0 Å². The highest BCUT2D eigenvalue weighted by Gasteiger charge is 2.11. The van der Waals surface area contributed by atoms with Gasteiger partial charge in [-0.05, 0) is 36.5 Å². The molecule has 0 spiro atoms. The average molecular weight is 250 g/mol. The van der Waals surface area contributed by atoms with Crippen LogP contribution in [0, 0.1) is 0 Å². The molecule has 0 amide bonds. The smallest absolute Gasteiger partial charge is 0.434 e. The van der Waals surface area contributed by atoms with Crippen molar-refractivity contribution in [1.82, 2.24) is 0 Å². The van der Waals surface area contributed by atoms with Gasteiger partial charge in [0, 0.05) is 0 Å². The highest BCUT2D eigenvalue weighted by Crippen LogP contribution is 2.24. The summed E-state index contributed by atoms with van der Waals surface area (Å²) in [6.45, 7) is 6.63. The number of rotatable bonds is 6. The Morgan fingerprint density at radius 3 is 2.56 bits per heavy atom. The molecule has 0 saturated carbocycles. The first-order valence-corrected chi connectivity index (χ1v) is 6.68. The Bertz CT molecular complexity index is 385. The minimum atomic E-state index is -0.605. The van der Waals surface area contributed by atoms with E-state index in [1.807, 2.05) is 12.1 Å². The van der Waals surface area contributed by atoms with Crippen LogP contribution in [0.5, 0.6) is 5.75 Å². The summed E-state index contributed by atoms with van der Waals surface area (Å²) in [4.78, 5) is 11.5. The zero-order valence-corrected chi connectivity index (χ0v) is 11.5. The Morgan fingerprint density at radius 2 is 1.94 bits per heavy atom. The van der Waals surface area contributed by atoms with Crippen LogP contribution in [0.2, 0.25) is 0 Å². The van der Waals surface area contributed by atoms with Crippen LogP contribution in [0.25, 0.3) is 0 Å². The molecule has 0 aromatic heterocycles. The second-order valence-electron chi connectivity index (χ2n) is 4.16. The van der Waals surface area contributed by atoms with Gasteiger partial charge in [0.25, 0.3) is 0 Å². The largest absolute Gasteiger partial charge is 0.513 e. The summed E-state index contributed by atoms with van der Waals surface area (Å²) >= 11 is 0. The highest BCUT2D eigenvalue weighted by molar-refractivity contribution is 5.64. The monoisotopic (exact) mass is 250 g/mol. The molecule has 1 rings (SSSR count). The lowest BCUT2D eigenvalue weighted by molar-refractivity contribution is 0.0975. The molecular formula is C15H22O3. The van der Waals surface area contributed by atoms with E-state index >= 15 is 0 Å². The summed E-state index contributed by atoms with van der Waals surface area (Å²) < 4.78 is 10.3. The lowest BCUT2D eigenvalue weighted by Gasteiger charge is -2.12. The van der Waals surface area contributed by atoms with Gasteiger partial charge in [0.15, 0.2) is 0 Å². The van der Waals surface area contributed by atoms with Crippen molar-refractivity contribution in [3.05, 3.63) is 29.3 Å². The van der Waals surface area contributed by atoms with Gasteiger partial charge in [-0.3, -0.25) is 0 Å². The third kappa shape index (κ3) is 4.06. The van der Waals surface area contributed by atoms with Crippen LogP contribution in [-0.2, 0) is 17.6 Å². The number of hydrogen-bond acceptors (Lipinski definition) is 3. The Balaban J connectivity index is 2.68. The van der Waals surface area contributed by atoms with Crippen molar-refractivity contribution < 1.29 is 14.3 Å². The standard InChI is InChI=1S/C15H22O3/c1-4-7-11-17-15(16)18-14-10-8-9-12(5-2)13(14)6-3/h8-10H,4-7,11H2,1-3H3. The summed E-state index contributed by atoms with van der Waals surface area (Å²) in [6, 6.07) is 5.79. The third-order valence-electron chi connectivity index (χ3n) is 2.88. The maximum atomic E-state index is 11.5. The molecule has 0 unspecified atom stereocenters. The van der Waals surface area contributed by atoms with E-state index in [0.29, 0.717) is 12.4 Å². The van der Waals surface area contributed by atoms with Crippen molar-refractivity contribution in [3.8, 4) is 5.75 Å². The molecule has 0 N–H and O–H groups in total. The predicted molar refractivity (Wildman–Crippen MR) is 72.1 cm³/mol. The van der Waals surface area contributed by atoms with Gasteiger partial charge < -0.3 is 9.47 Å². The van der Waals surface area contributed by atoms with Crippen molar-refractivity contribution in [2.75, 3.05) is 6.61 Å². The molecule has 0 radical (unpaired) electrons. The Hall–Kier alpha value is -1.51. The van der Waals surface area contributed by atoms with Gasteiger partial charge in [0.1, 0.15) is 5.75 Å². The summed E-state index contributed by atoms with van der Waals surface area (Å²) in [5.74, 6) is 0.623. The van der Waals surface area contributed by atoms with Crippen LogP contribution in [-0.4, -0.2) is 12.8 Å². The molecule has 0 bridgehead atoms. The topological polar surface area (TPSA) is 35.5 Å². The minimum absolute atomic E-state index is 0.421. The first kappa shape index (κ1) is 14.6. The second kappa shape index (κ2) is 7.75. The molecule has 100 valence electrons. The van der Waals surface area contributed by atoms with E-state index in [-0.39, 0.29) is 0 Å². The van der Waals surface area contributed by atoms with Crippen LogP contribution in [0.3, 0.4) is 0 Å². The lowest BCUT2D eigenvalue weighted by Crippen LogP contribution is -2.13. The summed E-state index contributed by atoms with van der Waals surface area (Å²) in [5.41, 5.74) is 2.31. The van der Waals surface area contributed by atoms with Gasteiger partial charge in [0.05, 0.1) is 6.61 Å². The second-order valence-corrected chi connectivity index (χ2v) is 4.16. The zero-order valence-electron chi connectivity index (χ0n) is 11.5. The predicted octanol–water partition coefficient (Wildman–Crippen LogP) is 4.13. The summed E-state index contributed by atoms with van der Waals surface area (Å²) in [5, 5.41) is 0. The number of aryl methyl sites for hydroxylation is 1. The van der Waals surface area contributed by atoms with E-state index < -0.39 is 6.16 Å². The van der Waals surface area contributed by atoms with Crippen molar-refractivity contribution in [2.45, 2.75) is 46.5 Å². The van der Waals surface area contributed by atoms with Crippen LogP contribution in [0.1, 0.15) is 44.7 Å². The number of hydrogen-bond donors (Lipinski definition) is 0. The minimum Gasteiger partial charge on any atom is -0.434 e. The fourth-order valence-electron chi connectivity index (χ4n) is 1.86. The van der Waals surface area contributed by atoms with E-state index in [4.69, 9.17) is 9.47 Å². The van der Waals surface area contributed by atoms with Crippen molar-refractivity contribution in [3.63, 3.8) is 0 Å². The van der Waals surface area contributed by atoms with Crippen molar-refractivity contribution >= 4 is 6.16 Å². The number of unbranched alkanes of at least 4 members (excludes halogenated alkanes) is 1. The molecule has 0 fully saturated rings. The molecule has 0 aliphatic carbocycles. The number of carbonyl (C=O) groups is 1. The highest BCUT2D eigenvalue weighted by atomic mass is 16.7. The third-order valence-corrected chi connectivity index (χ3v) is 2.88. The molecule has 3 nitrogen and oxygen atoms in total. The molecule has 0 aliphatic rings. The van der Waals surface area contributed by atoms with E-state index in [0.717, 1.165) is 31.2 Å². The molecule has 0 saturated heterocycles. The summed E-state index contributed by atoms with van der Waals surface area (Å²) in [6.07, 6.45) is 3.04. The van der Waals surface area contributed by atoms with Crippen molar-refractivity contribution in [1.29, 1.82) is 0 Å². The van der Waals surface area contributed by atoms with Crippen LogP contribution >= 0.6 is 0 Å². The SMILES string of the molecule is CCCCOC(=O)Oc1cccc(CC)c1CC. The van der Waals surface area contributed by atoms with Gasteiger partial charge in [-0.1, -0.05) is 39.3 Å². The zero-order chi connectivity index (χ0) is 13.4.